The molecule has 2 heteroatoms. The zero-order valence-electron chi connectivity index (χ0n) is 11.1. The molecule has 0 aliphatic heterocycles. The SMILES string of the molecule is [CH-]=C1CCC[C@]2(C)[C@@H]([C@@H](C)CC=O)CC[C@@H]12.[Y]. The van der Waals surface area contributed by atoms with Crippen LogP contribution >= 0.6 is 0 Å². The molecule has 0 bridgehead atoms. The van der Waals surface area contributed by atoms with Gasteiger partial charge in [-0.1, -0.05) is 26.7 Å². The van der Waals surface area contributed by atoms with E-state index >= 15 is 0 Å². The van der Waals surface area contributed by atoms with Crippen LogP contribution in [0.3, 0.4) is 0 Å². The van der Waals surface area contributed by atoms with Crippen LogP contribution in [0.15, 0.2) is 5.57 Å². The first-order valence-corrected chi connectivity index (χ1v) is 6.64. The first-order valence-electron chi connectivity index (χ1n) is 6.64. The zero-order chi connectivity index (χ0) is 11.8. The Kier molecular flexibility index (Phi) is 5.59. The minimum absolute atomic E-state index is 0. The normalized spacial score (nSPS) is 38.1. The summed E-state index contributed by atoms with van der Waals surface area (Å²) >= 11 is 0. The first-order chi connectivity index (χ1) is 7.59. The molecule has 2 rings (SSSR count). The third-order valence-corrected chi connectivity index (χ3v) is 5.19. The van der Waals surface area contributed by atoms with Gasteiger partial charge < -0.3 is 11.4 Å². The number of aldehydes is 1. The Morgan fingerprint density at radius 2 is 2.24 bits per heavy atom. The molecule has 0 spiro atoms. The Bertz CT molecular complexity index is 299. The van der Waals surface area contributed by atoms with Gasteiger partial charge in [0.2, 0.25) is 0 Å². The standard InChI is InChI=1S/C15H23O.Y/c1-11-5-4-9-15(3)13(11)6-7-14(15)12(2)8-10-16;/h1,10,12-14H,4-9H2,2-3H3;/q-1;/t12-,13-,14+,15-;/m0./s1. The monoisotopic (exact) mass is 308 g/mol. The molecule has 0 N–H and O–H groups in total. The van der Waals surface area contributed by atoms with Crippen molar-refractivity contribution in [3.63, 3.8) is 0 Å². The Labute approximate surface area is 131 Å². The van der Waals surface area contributed by atoms with Crippen LogP contribution in [-0.2, 0) is 37.5 Å². The number of hydrogen-bond donors (Lipinski definition) is 0. The van der Waals surface area contributed by atoms with E-state index in [0.717, 1.165) is 12.7 Å². The van der Waals surface area contributed by atoms with Crippen LogP contribution in [0, 0.1) is 29.7 Å². The average molecular weight is 308 g/mol. The van der Waals surface area contributed by atoms with Crippen molar-refractivity contribution in [2.24, 2.45) is 23.2 Å². The van der Waals surface area contributed by atoms with Crippen LogP contribution in [0.1, 0.15) is 52.4 Å². The second kappa shape index (κ2) is 6.11. The van der Waals surface area contributed by atoms with Crippen molar-refractivity contribution < 1.29 is 37.5 Å². The van der Waals surface area contributed by atoms with Crippen LogP contribution in [0.4, 0.5) is 0 Å². The van der Waals surface area contributed by atoms with E-state index in [2.05, 4.69) is 13.8 Å². The molecule has 2 aliphatic carbocycles. The van der Waals surface area contributed by atoms with Gasteiger partial charge in [-0.25, -0.2) is 0 Å². The molecular weight excluding hydrogens is 285 g/mol. The summed E-state index contributed by atoms with van der Waals surface area (Å²) in [6.45, 7) is 10.8. The van der Waals surface area contributed by atoms with Crippen LogP contribution in [0.5, 0.6) is 0 Å². The third-order valence-electron chi connectivity index (χ3n) is 5.19. The summed E-state index contributed by atoms with van der Waals surface area (Å²) in [7, 11) is 0. The summed E-state index contributed by atoms with van der Waals surface area (Å²) in [6.07, 6.45) is 7.96. The van der Waals surface area contributed by atoms with E-state index in [1.165, 1.54) is 31.3 Å². The molecule has 2 saturated carbocycles. The summed E-state index contributed by atoms with van der Waals surface area (Å²) in [4.78, 5) is 10.7. The zero-order valence-corrected chi connectivity index (χ0v) is 14.0. The van der Waals surface area contributed by atoms with Gasteiger partial charge in [0.05, 0.1) is 0 Å². The fourth-order valence-corrected chi connectivity index (χ4v) is 4.33. The topological polar surface area (TPSA) is 17.1 Å². The maximum atomic E-state index is 10.7. The van der Waals surface area contributed by atoms with Crippen molar-refractivity contribution in [2.45, 2.75) is 52.4 Å². The molecule has 93 valence electrons. The first kappa shape index (κ1) is 15.6. The van der Waals surface area contributed by atoms with Crippen molar-refractivity contribution >= 4 is 6.29 Å². The molecule has 1 radical (unpaired) electrons. The summed E-state index contributed by atoms with van der Waals surface area (Å²) in [5.74, 6) is 1.85. The van der Waals surface area contributed by atoms with Gasteiger partial charge in [-0.05, 0) is 42.4 Å². The second-order valence-electron chi connectivity index (χ2n) is 6.05. The van der Waals surface area contributed by atoms with Gasteiger partial charge in [0.25, 0.3) is 0 Å². The summed E-state index contributed by atoms with van der Waals surface area (Å²) in [5.41, 5.74) is 1.61. The number of fused-ring (bicyclic) bond motifs is 1. The molecule has 1 nitrogen and oxygen atoms in total. The number of rotatable bonds is 3. The summed E-state index contributed by atoms with van der Waals surface area (Å²) < 4.78 is 0. The molecular formula is C15H23OY-. The summed E-state index contributed by atoms with van der Waals surface area (Å²) in [5, 5.41) is 0. The minimum atomic E-state index is 0. The number of allylic oxidation sites excluding steroid dienone is 1. The number of hydrogen-bond acceptors (Lipinski definition) is 1. The van der Waals surface area contributed by atoms with Crippen LogP contribution in [-0.4, -0.2) is 6.29 Å². The van der Waals surface area contributed by atoms with Crippen LogP contribution in [0.2, 0.25) is 0 Å². The average Bonchev–Trinajstić information content (AvgIpc) is 2.57. The van der Waals surface area contributed by atoms with Crippen LogP contribution < -0.4 is 0 Å². The van der Waals surface area contributed by atoms with Crippen molar-refractivity contribution in [1.29, 1.82) is 0 Å². The molecule has 0 saturated heterocycles. The maximum absolute atomic E-state index is 10.7. The van der Waals surface area contributed by atoms with E-state index in [9.17, 15) is 4.79 Å². The van der Waals surface area contributed by atoms with Gasteiger partial charge >= 0.3 is 0 Å². The Hall–Kier alpha value is 0.514. The van der Waals surface area contributed by atoms with Gasteiger partial charge in [-0.2, -0.15) is 0 Å². The van der Waals surface area contributed by atoms with E-state index in [4.69, 9.17) is 6.58 Å². The second-order valence-corrected chi connectivity index (χ2v) is 6.05. The van der Waals surface area contributed by atoms with Gasteiger partial charge in [0, 0.05) is 39.1 Å². The van der Waals surface area contributed by atoms with Crippen LogP contribution in [0.25, 0.3) is 0 Å². The molecule has 2 fully saturated rings. The fraction of sp³-hybridized carbons (Fsp3) is 0.800. The minimum Gasteiger partial charge on any atom is -0.514 e. The molecule has 0 aromatic rings. The predicted octanol–water partition coefficient (Wildman–Crippen LogP) is 3.78. The van der Waals surface area contributed by atoms with Crippen molar-refractivity contribution in [3.05, 3.63) is 12.2 Å². The van der Waals surface area contributed by atoms with Gasteiger partial charge in [0.15, 0.2) is 0 Å². The van der Waals surface area contributed by atoms with Gasteiger partial charge in [-0.15, -0.1) is 0 Å². The fourth-order valence-electron chi connectivity index (χ4n) is 4.33. The van der Waals surface area contributed by atoms with E-state index < -0.39 is 0 Å². The van der Waals surface area contributed by atoms with Gasteiger partial charge in [0.1, 0.15) is 6.29 Å². The van der Waals surface area contributed by atoms with Gasteiger partial charge in [-0.3, -0.25) is 5.57 Å². The van der Waals surface area contributed by atoms with Crippen molar-refractivity contribution in [2.75, 3.05) is 0 Å². The Balaban J connectivity index is 0.00000144. The van der Waals surface area contributed by atoms with Crippen molar-refractivity contribution in [3.8, 4) is 0 Å². The largest absolute Gasteiger partial charge is 0.514 e. The van der Waals surface area contributed by atoms with E-state index in [-0.39, 0.29) is 32.7 Å². The molecule has 4 atom stereocenters. The quantitative estimate of drug-likeness (QED) is 0.573. The van der Waals surface area contributed by atoms with E-state index in [1.807, 2.05) is 0 Å². The number of carbonyl (C=O) groups excluding carboxylic acids is 1. The van der Waals surface area contributed by atoms with E-state index in [0.29, 0.717) is 29.6 Å². The third kappa shape index (κ3) is 2.76. The molecule has 0 amide bonds. The molecule has 0 heterocycles. The summed E-state index contributed by atoms with van der Waals surface area (Å²) in [6, 6.07) is 0. The maximum Gasteiger partial charge on any atom is 0.120 e. The molecule has 0 unspecified atom stereocenters. The molecule has 17 heavy (non-hydrogen) atoms. The Morgan fingerprint density at radius 1 is 1.53 bits per heavy atom. The number of carbonyl (C=O) groups is 1. The predicted molar refractivity (Wildman–Crippen MR) is 65.8 cm³/mol. The Morgan fingerprint density at radius 3 is 2.88 bits per heavy atom. The molecule has 0 aromatic carbocycles. The smallest absolute Gasteiger partial charge is 0.120 e. The molecule has 0 aromatic heterocycles. The van der Waals surface area contributed by atoms with Crippen molar-refractivity contribution in [1.82, 2.24) is 0 Å². The van der Waals surface area contributed by atoms with E-state index in [1.54, 1.807) is 0 Å². The molecule has 2 aliphatic rings.